The van der Waals surface area contributed by atoms with E-state index in [0.717, 1.165) is 12.1 Å². The van der Waals surface area contributed by atoms with Gasteiger partial charge >= 0.3 is 0 Å². The Kier molecular flexibility index (Phi) is 6.85. The second-order valence-corrected chi connectivity index (χ2v) is 8.46. The summed E-state index contributed by atoms with van der Waals surface area (Å²) in [6.45, 7) is 8.68. The van der Waals surface area contributed by atoms with Crippen LogP contribution in [0.2, 0.25) is 5.02 Å². The molecule has 1 amide bonds. The van der Waals surface area contributed by atoms with Gasteiger partial charge in [0, 0.05) is 23.2 Å². The Morgan fingerprint density at radius 3 is 2.61 bits per heavy atom. The molecule has 2 aromatic heterocycles. The highest BCUT2D eigenvalue weighted by Crippen LogP contribution is 2.37. The molecule has 0 saturated carbocycles. The summed E-state index contributed by atoms with van der Waals surface area (Å²) >= 11 is 6.37. The summed E-state index contributed by atoms with van der Waals surface area (Å²) in [6.07, 6.45) is 2.51. The zero-order valence-electron chi connectivity index (χ0n) is 18.4. The van der Waals surface area contributed by atoms with Crippen molar-refractivity contribution in [2.75, 3.05) is 19.0 Å². The number of anilines is 1. The Morgan fingerprint density at radius 2 is 2.00 bits per heavy atom. The lowest BCUT2D eigenvalue weighted by atomic mass is 9.92. The third-order valence-corrected chi connectivity index (χ3v) is 4.81. The van der Waals surface area contributed by atoms with E-state index in [2.05, 4.69) is 36.2 Å². The quantitative estimate of drug-likeness (QED) is 0.539. The minimum atomic E-state index is -0.347. The number of carbonyl (C=O) groups excluding carboxylic acids is 1. The number of halogens is 1. The second-order valence-electron chi connectivity index (χ2n) is 8.06. The maximum absolute atomic E-state index is 13.1. The molecule has 0 aliphatic carbocycles. The van der Waals surface area contributed by atoms with Gasteiger partial charge in [0.15, 0.2) is 17.3 Å². The predicted molar refractivity (Wildman–Crippen MR) is 122 cm³/mol. The zero-order valence-corrected chi connectivity index (χ0v) is 19.2. The Hall–Kier alpha value is -3.06. The van der Waals surface area contributed by atoms with Gasteiger partial charge in [-0.15, -0.1) is 0 Å². The lowest BCUT2D eigenvalue weighted by Gasteiger charge is -2.14. The van der Waals surface area contributed by atoms with E-state index in [1.165, 1.54) is 7.11 Å². The van der Waals surface area contributed by atoms with Crippen LogP contribution in [0, 0.1) is 0 Å². The molecule has 1 aromatic carbocycles. The molecule has 0 spiro atoms. The van der Waals surface area contributed by atoms with Gasteiger partial charge in [-0.1, -0.05) is 45.4 Å². The Labute approximate surface area is 187 Å². The molecule has 3 aromatic rings. The van der Waals surface area contributed by atoms with E-state index in [1.807, 2.05) is 31.2 Å². The van der Waals surface area contributed by atoms with Crippen molar-refractivity contribution in [1.29, 1.82) is 0 Å². The number of hydrogen-bond acceptors (Lipinski definition) is 5. The largest absolute Gasteiger partial charge is 0.493 e. The molecule has 0 atom stereocenters. The van der Waals surface area contributed by atoms with E-state index < -0.39 is 0 Å². The summed E-state index contributed by atoms with van der Waals surface area (Å²) in [5.41, 5.74) is 0.966. The van der Waals surface area contributed by atoms with E-state index in [4.69, 9.17) is 21.1 Å². The van der Waals surface area contributed by atoms with Crippen molar-refractivity contribution < 1.29 is 14.3 Å². The van der Waals surface area contributed by atoms with Gasteiger partial charge in [0.1, 0.15) is 5.82 Å². The van der Waals surface area contributed by atoms with Crippen LogP contribution in [0.5, 0.6) is 11.5 Å². The highest BCUT2D eigenvalue weighted by molar-refractivity contribution is 6.32. The summed E-state index contributed by atoms with van der Waals surface area (Å²) in [7, 11) is 1.51. The lowest BCUT2D eigenvalue weighted by Crippen LogP contribution is -2.16. The lowest BCUT2D eigenvalue weighted by molar-refractivity contribution is 0.102. The van der Waals surface area contributed by atoms with Crippen LogP contribution in [-0.4, -0.2) is 34.4 Å². The average Bonchev–Trinajstić information content (AvgIpc) is 3.17. The van der Waals surface area contributed by atoms with E-state index in [1.54, 1.807) is 23.0 Å². The number of benzene rings is 1. The minimum Gasteiger partial charge on any atom is -0.493 e. The second kappa shape index (κ2) is 9.39. The fourth-order valence-corrected chi connectivity index (χ4v) is 3.14. The molecule has 1 N–H and O–H groups in total. The van der Waals surface area contributed by atoms with Crippen molar-refractivity contribution in [3.63, 3.8) is 0 Å². The maximum atomic E-state index is 13.1. The van der Waals surface area contributed by atoms with Gasteiger partial charge in [-0.05, 0) is 30.7 Å². The maximum Gasteiger partial charge on any atom is 0.257 e. The van der Waals surface area contributed by atoms with Crippen LogP contribution in [-0.2, 0) is 5.41 Å². The molecule has 2 heterocycles. The number of carbonyl (C=O) groups is 1. The van der Waals surface area contributed by atoms with Crippen molar-refractivity contribution in [1.82, 2.24) is 14.8 Å². The highest BCUT2D eigenvalue weighted by atomic mass is 35.5. The number of pyridine rings is 1. The van der Waals surface area contributed by atoms with E-state index in [-0.39, 0.29) is 11.3 Å². The number of nitrogens with one attached hydrogen (secondary N) is 1. The first kappa shape index (κ1) is 22.6. The SMILES string of the molecule is CCCOc1c(Cl)cc(C(=O)Nc2cc(C(C)(C)C)nn2-c2ccccn2)cc1OC. The van der Waals surface area contributed by atoms with Crippen LogP contribution < -0.4 is 14.8 Å². The van der Waals surface area contributed by atoms with E-state index in [9.17, 15) is 4.79 Å². The number of aromatic nitrogens is 3. The van der Waals surface area contributed by atoms with Crippen molar-refractivity contribution >= 4 is 23.3 Å². The number of amides is 1. The zero-order chi connectivity index (χ0) is 22.6. The fourth-order valence-electron chi connectivity index (χ4n) is 2.87. The topological polar surface area (TPSA) is 78.3 Å². The van der Waals surface area contributed by atoms with Crippen LogP contribution in [0.15, 0.2) is 42.6 Å². The van der Waals surface area contributed by atoms with Crippen molar-refractivity contribution in [2.24, 2.45) is 0 Å². The van der Waals surface area contributed by atoms with Gasteiger partial charge in [-0.25, -0.2) is 4.98 Å². The summed E-state index contributed by atoms with van der Waals surface area (Å²) in [4.78, 5) is 17.4. The van der Waals surface area contributed by atoms with E-state index in [0.29, 0.717) is 40.3 Å². The van der Waals surface area contributed by atoms with E-state index >= 15 is 0 Å². The predicted octanol–water partition coefficient (Wildman–Crippen LogP) is 5.27. The monoisotopic (exact) mass is 442 g/mol. The molecule has 8 heteroatoms. The summed E-state index contributed by atoms with van der Waals surface area (Å²) < 4.78 is 12.7. The smallest absolute Gasteiger partial charge is 0.257 e. The van der Waals surface area contributed by atoms with Crippen LogP contribution in [0.1, 0.15) is 50.2 Å². The van der Waals surface area contributed by atoms with Gasteiger partial charge in [0.25, 0.3) is 5.91 Å². The Bertz CT molecular complexity index is 1060. The molecule has 0 fully saturated rings. The van der Waals surface area contributed by atoms with Crippen LogP contribution in [0.4, 0.5) is 5.82 Å². The molecule has 0 bridgehead atoms. The standard InChI is InChI=1S/C23H27ClN4O3/c1-6-11-31-21-16(24)12-15(13-17(21)30-5)22(29)26-20-14-18(23(2,3)4)27-28(20)19-9-7-8-10-25-19/h7-10,12-14H,6,11H2,1-5H3,(H,26,29). The van der Waals surface area contributed by atoms with Crippen molar-refractivity contribution in [3.05, 3.63) is 58.9 Å². The third-order valence-electron chi connectivity index (χ3n) is 4.53. The molecule has 0 radical (unpaired) electrons. The van der Waals surface area contributed by atoms with Gasteiger partial charge in [-0.3, -0.25) is 4.79 Å². The summed E-state index contributed by atoms with van der Waals surface area (Å²) in [5.74, 6) is 1.60. The fraction of sp³-hybridized carbons (Fsp3) is 0.348. The highest BCUT2D eigenvalue weighted by Gasteiger charge is 2.23. The molecular weight excluding hydrogens is 416 g/mol. The van der Waals surface area contributed by atoms with Crippen LogP contribution in [0.25, 0.3) is 5.82 Å². The molecule has 0 aliphatic heterocycles. The Balaban J connectivity index is 1.96. The molecule has 0 saturated heterocycles. The Morgan fingerprint density at radius 1 is 1.23 bits per heavy atom. The molecule has 164 valence electrons. The van der Waals surface area contributed by atoms with Gasteiger partial charge in [0.2, 0.25) is 0 Å². The van der Waals surface area contributed by atoms with Crippen molar-refractivity contribution in [2.45, 2.75) is 39.5 Å². The van der Waals surface area contributed by atoms with Crippen LogP contribution in [0.3, 0.4) is 0 Å². The first-order chi connectivity index (χ1) is 14.7. The van der Waals surface area contributed by atoms with Gasteiger partial charge < -0.3 is 14.8 Å². The summed E-state index contributed by atoms with van der Waals surface area (Å²) in [5, 5.41) is 7.90. The number of methoxy groups -OCH3 is 1. The molecule has 7 nitrogen and oxygen atoms in total. The average molecular weight is 443 g/mol. The third kappa shape index (κ3) is 5.17. The molecule has 3 rings (SSSR count). The molecule has 0 unspecified atom stereocenters. The van der Waals surface area contributed by atoms with Gasteiger partial charge in [0.05, 0.1) is 24.4 Å². The first-order valence-electron chi connectivity index (χ1n) is 10.1. The first-order valence-corrected chi connectivity index (χ1v) is 10.5. The van der Waals surface area contributed by atoms with Gasteiger partial charge in [-0.2, -0.15) is 9.78 Å². The number of nitrogens with zero attached hydrogens (tertiary/aromatic N) is 3. The number of rotatable bonds is 7. The molecule has 31 heavy (non-hydrogen) atoms. The molecular formula is C23H27ClN4O3. The normalized spacial score (nSPS) is 11.3. The number of ether oxygens (including phenoxy) is 2. The molecule has 0 aliphatic rings. The minimum absolute atomic E-state index is 0.204. The van der Waals surface area contributed by atoms with Crippen molar-refractivity contribution in [3.8, 4) is 17.3 Å². The number of hydrogen-bond donors (Lipinski definition) is 1. The summed E-state index contributed by atoms with van der Waals surface area (Å²) in [6, 6.07) is 10.5. The van der Waals surface area contributed by atoms with Crippen LogP contribution >= 0.6 is 11.6 Å².